The smallest absolute Gasteiger partial charge is 0.0597 e. The van der Waals surface area contributed by atoms with Crippen molar-refractivity contribution in [2.45, 2.75) is 25.8 Å². The molecule has 0 aliphatic heterocycles. The fourth-order valence-electron chi connectivity index (χ4n) is 1.64. The summed E-state index contributed by atoms with van der Waals surface area (Å²) < 4.78 is 1.90. The fraction of sp³-hybridized carbons (Fsp3) is 0.667. The highest BCUT2D eigenvalue weighted by Gasteiger charge is 2.31. The number of nitrogens with two attached hydrogens (primary N) is 1. The molecule has 1 aromatic heterocycles. The van der Waals surface area contributed by atoms with Crippen LogP contribution in [-0.4, -0.2) is 9.78 Å². The van der Waals surface area contributed by atoms with E-state index in [0.29, 0.717) is 5.92 Å². The Hall–Kier alpha value is -0.830. The second-order valence-corrected chi connectivity index (χ2v) is 3.70. The zero-order valence-electron chi connectivity index (χ0n) is 7.62. The molecule has 1 heterocycles. The van der Waals surface area contributed by atoms with Crippen molar-refractivity contribution in [2.24, 2.45) is 18.7 Å². The van der Waals surface area contributed by atoms with Gasteiger partial charge in [-0.25, -0.2) is 0 Å². The van der Waals surface area contributed by atoms with E-state index in [-0.39, 0.29) is 6.04 Å². The lowest BCUT2D eigenvalue weighted by Crippen LogP contribution is -2.16. The van der Waals surface area contributed by atoms with Crippen LogP contribution in [0.3, 0.4) is 0 Å². The molecule has 1 aromatic rings. The van der Waals surface area contributed by atoms with E-state index in [9.17, 15) is 0 Å². The van der Waals surface area contributed by atoms with Crippen LogP contribution in [0.1, 0.15) is 30.3 Å². The minimum Gasteiger partial charge on any atom is -0.322 e. The molecule has 12 heavy (non-hydrogen) atoms. The van der Waals surface area contributed by atoms with Gasteiger partial charge in [-0.3, -0.25) is 4.68 Å². The number of rotatable bonds is 2. The van der Waals surface area contributed by atoms with Crippen LogP contribution in [0.4, 0.5) is 0 Å². The number of aryl methyl sites for hydroxylation is 2. The molecule has 0 spiro atoms. The molecule has 2 rings (SSSR count). The van der Waals surface area contributed by atoms with Crippen molar-refractivity contribution < 1.29 is 0 Å². The quantitative estimate of drug-likeness (QED) is 0.714. The highest BCUT2D eigenvalue weighted by atomic mass is 15.3. The standard InChI is InChI=1S/C9H15N3/c1-6-5-8(12(2)11-6)9(10)7-3-4-7/h5,7,9H,3-4,10H2,1-2H3. The first kappa shape index (κ1) is 7.80. The van der Waals surface area contributed by atoms with Crippen molar-refractivity contribution in [2.75, 3.05) is 0 Å². The Kier molecular flexibility index (Phi) is 1.68. The predicted molar refractivity (Wildman–Crippen MR) is 47.6 cm³/mol. The van der Waals surface area contributed by atoms with Crippen molar-refractivity contribution in [1.82, 2.24) is 9.78 Å². The van der Waals surface area contributed by atoms with Crippen LogP contribution < -0.4 is 5.73 Å². The Bertz CT molecular complexity index is 286. The van der Waals surface area contributed by atoms with Gasteiger partial charge in [0.25, 0.3) is 0 Å². The Morgan fingerprint density at radius 1 is 1.67 bits per heavy atom. The van der Waals surface area contributed by atoms with Gasteiger partial charge in [0.05, 0.1) is 11.4 Å². The Labute approximate surface area is 72.6 Å². The third-order valence-corrected chi connectivity index (χ3v) is 2.51. The zero-order valence-corrected chi connectivity index (χ0v) is 7.62. The molecule has 0 saturated heterocycles. The summed E-state index contributed by atoms with van der Waals surface area (Å²) in [5.74, 6) is 0.708. The molecule has 1 aliphatic carbocycles. The second kappa shape index (κ2) is 2.59. The Balaban J connectivity index is 2.25. The molecule has 1 unspecified atom stereocenters. The zero-order chi connectivity index (χ0) is 8.72. The van der Waals surface area contributed by atoms with Gasteiger partial charge < -0.3 is 5.73 Å². The molecule has 0 bridgehead atoms. The van der Waals surface area contributed by atoms with Crippen LogP contribution in [0.25, 0.3) is 0 Å². The van der Waals surface area contributed by atoms with Gasteiger partial charge in [0.1, 0.15) is 0 Å². The minimum absolute atomic E-state index is 0.205. The van der Waals surface area contributed by atoms with Crippen molar-refractivity contribution in [3.63, 3.8) is 0 Å². The van der Waals surface area contributed by atoms with Gasteiger partial charge in [-0.1, -0.05) is 0 Å². The second-order valence-electron chi connectivity index (χ2n) is 3.70. The molecule has 2 N–H and O–H groups in total. The van der Waals surface area contributed by atoms with Gasteiger partial charge in [-0.2, -0.15) is 5.10 Å². The Morgan fingerprint density at radius 3 is 2.75 bits per heavy atom. The largest absolute Gasteiger partial charge is 0.322 e. The summed E-state index contributed by atoms with van der Waals surface area (Å²) in [6, 6.07) is 2.29. The van der Waals surface area contributed by atoms with Crippen LogP contribution in [-0.2, 0) is 7.05 Å². The molecule has 1 saturated carbocycles. The van der Waals surface area contributed by atoms with E-state index in [1.807, 2.05) is 18.7 Å². The van der Waals surface area contributed by atoms with Crippen LogP contribution >= 0.6 is 0 Å². The molecule has 1 atom stereocenters. The number of hydrogen-bond donors (Lipinski definition) is 1. The lowest BCUT2D eigenvalue weighted by molar-refractivity contribution is 0.565. The molecular weight excluding hydrogens is 150 g/mol. The van der Waals surface area contributed by atoms with E-state index in [1.165, 1.54) is 18.5 Å². The predicted octanol–water partition coefficient (Wildman–Crippen LogP) is 1.14. The van der Waals surface area contributed by atoms with Crippen LogP contribution in [0.15, 0.2) is 6.07 Å². The van der Waals surface area contributed by atoms with Crippen molar-refractivity contribution in [1.29, 1.82) is 0 Å². The summed E-state index contributed by atoms with van der Waals surface area (Å²) in [5.41, 5.74) is 8.29. The van der Waals surface area contributed by atoms with E-state index >= 15 is 0 Å². The number of aromatic nitrogens is 2. The monoisotopic (exact) mass is 165 g/mol. The van der Waals surface area contributed by atoms with Crippen LogP contribution in [0.5, 0.6) is 0 Å². The maximum absolute atomic E-state index is 6.05. The van der Waals surface area contributed by atoms with Gasteiger partial charge in [0.15, 0.2) is 0 Å². The first-order chi connectivity index (χ1) is 5.68. The number of nitrogens with zero attached hydrogens (tertiary/aromatic N) is 2. The van der Waals surface area contributed by atoms with Gasteiger partial charge in [-0.05, 0) is 31.7 Å². The van der Waals surface area contributed by atoms with E-state index in [1.54, 1.807) is 0 Å². The van der Waals surface area contributed by atoms with Crippen molar-refractivity contribution >= 4 is 0 Å². The lowest BCUT2D eigenvalue weighted by atomic mass is 10.1. The van der Waals surface area contributed by atoms with E-state index < -0.39 is 0 Å². The first-order valence-electron chi connectivity index (χ1n) is 4.44. The average molecular weight is 165 g/mol. The normalized spacial score (nSPS) is 19.6. The van der Waals surface area contributed by atoms with Crippen LogP contribution in [0.2, 0.25) is 0 Å². The molecule has 3 heteroatoms. The molecule has 0 amide bonds. The van der Waals surface area contributed by atoms with E-state index in [0.717, 1.165) is 5.69 Å². The first-order valence-corrected chi connectivity index (χ1v) is 4.44. The summed E-state index contributed by atoms with van der Waals surface area (Å²) in [6.07, 6.45) is 2.57. The third-order valence-electron chi connectivity index (χ3n) is 2.51. The van der Waals surface area contributed by atoms with Crippen molar-refractivity contribution in [3.8, 4) is 0 Å². The van der Waals surface area contributed by atoms with Crippen LogP contribution in [0, 0.1) is 12.8 Å². The van der Waals surface area contributed by atoms with E-state index in [4.69, 9.17) is 5.73 Å². The molecule has 3 nitrogen and oxygen atoms in total. The number of hydrogen-bond acceptors (Lipinski definition) is 2. The molecule has 66 valence electrons. The minimum atomic E-state index is 0.205. The highest BCUT2D eigenvalue weighted by Crippen LogP contribution is 2.39. The maximum atomic E-state index is 6.05. The summed E-state index contributed by atoms with van der Waals surface area (Å²) in [5, 5.41) is 4.28. The Morgan fingerprint density at radius 2 is 2.33 bits per heavy atom. The fourth-order valence-corrected chi connectivity index (χ4v) is 1.64. The summed E-state index contributed by atoms with van der Waals surface area (Å²) in [4.78, 5) is 0. The topological polar surface area (TPSA) is 43.8 Å². The van der Waals surface area contributed by atoms with Gasteiger partial charge in [-0.15, -0.1) is 0 Å². The average Bonchev–Trinajstić information content (AvgIpc) is 2.77. The van der Waals surface area contributed by atoms with E-state index in [2.05, 4.69) is 11.2 Å². The molecule has 1 aliphatic rings. The molecule has 0 radical (unpaired) electrons. The highest BCUT2D eigenvalue weighted by molar-refractivity contribution is 5.14. The summed E-state index contributed by atoms with van der Waals surface area (Å²) in [7, 11) is 1.96. The maximum Gasteiger partial charge on any atom is 0.0597 e. The van der Waals surface area contributed by atoms with Gasteiger partial charge >= 0.3 is 0 Å². The molecule has 0 aromatic carbocycles. The summed E-state index contributed by atoms with van der Waals surface area (Å²) >= 11 is 0. The van der Waals surface area contributed by atoms with Crippen molar-refractivity contribution in [3.05, 3.63) is 17.5 Å². The lowest BCUT2D eigenvalue weighted by Gasteiger charge is -2.09. The molecular formula is C9H15N3. The molecule has 1 fully saturated rings. The summed E-state index contributed by atoms with van der Waals surface area (Å²) in [6.45, 7) is 2.00. The van der Waals surface area contributed by atoms with Gasteiger partial charge in [0, 0.05) is 13.1 Å². The van der Waals surface area contributed by atoms with Gasteiger partial charge in [0.2, 0.25) is 0 Å². The SMILES string of the molecule is Cc1cc(C(N)C2CC2)n(C)n1. The third kappa shape index (κ3) is 1.25.